The van der Waals surface area contributed by atoms with Gasteiger partial charge < -0.3 is 10.6 Å². The van der Waals surface area contributed by atoms with Crippen molar-refractivity contribution in [3.8, 4) is 0 Å². The lowest BCUT2D eigenvalue weighted by Crippen LogP contribution is -2.42. The van der Waals surface area contributed by atoms with Gasteiger partial charge in [0.2, 0.25) is 0 Å². The van der Waals surface area contributed by atoms with E-state index in [1.54, 1.807) is 11.3 Å². The standard InChI is InChI=1S/C18H24N4S.HI/c1-19-18(21-13-17-7-4-12-23-17)20-9-11-22-10-8-15-5-2-3-6-16(15)14-22;/h2-7,12H,8-11,13-14H2,1H3,(H2,19,20,21);1H. The summed E-state index contributed by atoms with van der Waals surface area (Å²) in [5.74, 6) is 0.871. The summed E-state index contributed by atoms with van der Waals surface area (Å²) >= 11 is 1.76. The molecule has 2 N–H and O–H groups in total. The molecule has 2 heterocycles. The maximum atomic E-state index is 4.29. The Morgan fingerprint density at radius 2 is 2.00 bits per heavy atom. The van der Waals surface area contributed by atoms with Gasteiger partial charge in [-0.1, -0.05) is 30.3 Å². The lowest BCUT2D eigenvalue weighted by Gasteiger charge is -2.28. The van der Waals surface area contributed by atoms with Crippen LogP contribution in [0.15, 0.2) is 46.8 Å². The molecule has 4 nitrogen and oxygen atoms in total. The highest BCUT2D eigenvalue weighted by atomic mass is 127. The Bertz CT molecular complexity index is 642. The van der Waals surface area contributed by atoms with Crippen molar-refractivity contribution >= 4 is 41.3 Å². The van der Waals surface area contributed by atoms with Gasteiger partial charge in [-0.25, -0.2) is 0 Å². The molecule has 1 aromatic carbocycles. The minimum absolute atomic E-state index is 0. The first-order valence-corrected chi connectivity index (χ1v) is 8.99. The van der Waals surface area contributed by atoms with Gasteiger partial charge in [0.25, 0.3) is 0 Å². The van der Waals surface area contributed by atoms with Gasteiger partial charge in [-0.3, -0.25) is 9.89 Å². The molecule has 0 aliphatic carbocycles. The van der Waals surface area contributed by atoms with Crippen LogP contribution in [-0.4, -0.2) is 37.5 Å². The van der Waals surface area contributed by atoms with Gasteiger partial charge in [-0.2, -0.15) is 0 Å². The summed E-state index contributed by atoms with van der Waals surface area (Å²) in [4.78, 5) is 8.11. The quantitative estimate of drug-likeness (QED) is 0.413. The predicted molar refractivity (Wildman–Crippen MR) is 113 cm³/mol. The van der Waals surface area contributed by atoms with E-state index in [1.807, 2.05) is 7.05 Å². The fourth-order valence-electron chi connectivity index (χ4n) is 2.88. The average Bonchev–Trinajstić information content (AvgIpc) is 3.11. The lowest BCUT2D eigenvalue weighted by molar-refractivity contribution is 0.258. The van der Waals surface area contributed by atoms with Crippen LogP contribution in [0.25, 0.3) is 0 Å². The van der Waals surface area contributed by atoms with Crippen LogP contribution in [0.2, 0.25) is 0 Å². The van der Waals surface area contributed by atoms with Crippen LogP contribution in [0.3, 0.4) is 0 Å². The smallest absolute Gasteiger partial charge is 0.191 e. The number of rotatable bonds is 5. The van der Waals surface area contributed by atoms with E-state index >= 15 is 0 Å². The second-order valence-electron chi connectivity index (χ2n) is 5.73. The summed E-state index contributed by atoms with van der Waals surface area (Å²) in [6.07, 6.45) is 1.15. The first-order valence-electron chi connectivity index (χ1n) is 8.11. The average molecular weight is 456 g/mol. The van der Waals surface area contributed by atoms with Crippen LogP contribution < -0.4 is 10.6 Å². The summed E-state index contributed by atoms with van der Waals surface area (Å²) in [6.45, 7) is 4.97. The van der Waals surface area contributed by atoms with Gasteiger partial charge in [0, 0.05) is 38.1 Å². The van der Waals surface area contributed by atoms with Gasteiger partial charge in [-0.05, 0) is 29.0 Å². The molecule has 0 unspecified atom stereocenters. The molecule has 0 amide bonds. The predicted octanol–water partition coefficient (Wildman–Crippen LogP) is 3.09. The van der Waals surface area contributed by atoms with Crippen molar-refractivity contribution in [2.75, 3.05) is 26.7 Å². The zero-order valence-corrected chi connectivity index (χ0v) is 17.1. The fraction of sp³-hybridized carbons (Fsp3) is 0.389. The van der Waals surface area contributed by atoms with Crippen molar-refractivity contribution in [1.82, 2.24) is 15.5 Å². The second kappa shape index (κ2) is 10.0. The molecule has 0 saturated heterocycles. The van der Waals surface area contributed by atoms with Crippen molar-refractivity contribution < 1.29 is 0 Å². The van der Waals surface area contributed by atoms with E-state index in [9.17, 15) is 0 Å². The number of nitrogens with zero attached hydrogens (tertiary/aromatic N) is 2. The fourth-order valence-corrected chi connectivity index (χ4v) is 3.53. The number of nitrogens with one attached hydrogen (secondary N) is 2. The molecule has 24 heavy (non-hydrogen) atoms. The van der Waals surface area contributed by atoms with Crippen molar-refractivity contribution in [3.63, 3.8) is 0 Å². The molecule has 0 saturated carbocycles. The first-order chi connectivity index (χ1) is 11.3. The summed E-state index contributed by atoms with van der Waals surface area (Å²) in [5.41, 5.74) is 2.98. The molecule has 0 spiro atoms. The van der Waals surface area contributed by atoms with Crippen LogP contribution in [0.1, 0.15) is 16.0 Å². The number of hydrogen-bond donors (Lipinski definition) is 2. The Balaban J connectivity index is 0.00000208. The number of hydrogen-bond acceptors (Lipinski definition) is 3. The van der Waals surface area contributed by atoms with Gasteiger partial charge >= 0.3 is 0 Å². The van der Waals surface area contributed by atoms with Gasteiger partial charge in [0.1, 0.15) is 0 Å². The Labute approximate surface area is 165 Å². The Morgan fingerprint density at radius 3 is 2.75 bits per heavy atom. The van der Waals surface area contributed by atoms with E-state index in [2.05, 4.69) is 62.3 Å². The van der Waals surface area contributed by atoms with E-state index in [0.717, 1.165) is 45.1 Å². The van der Waals surface area contributed by atoms with E-state index in [4.69, 9.17) is 0 Å². The number of benzene rings is 1. The zero-order chi connectivity index (χ0) is 15.9. The summed E-state index contributed by atoms with van der Waals surface area (Å²) in [6, 6.07) is 13.0. The van der Waals surface area contributed by atoms with E-state index in [-0.39, 0.29) is 24.0 Å². The zero-order valence-electron chi connectivity index (χ0n) is 14.0. The van der Waals surface area contributed by atoms with Crippen LogP contribution in [0.5, 0.6) is 0 Å². The van der Waals surface area contributed by atoms with Crippen LogP contribution in [0.4, 0.5) is 0 Å². The molecule has 1 aliphatic heterocycles. The number of fused-ring (bicyclic) bond motifs is 1. The molecule has 1 aliphatic rings. The molecule has 6 heteroatoms. The first kappa shape index (κ1) is 19.2. The molecule has 0 atom stereocenters. The third kappa shape index (κ3) is 5.46. The van der Waals surface area contributed by atoms with Crippen LogP contribution >= 0.6 is 35.3 Å². The Kier molecular flexibility index (Phi) is 8.01. The number of aliphatic imine (C=N–C) groups is 1. The number of thiophene rings is 1. The van der Waals surface area contributed by atoms with Crippen molar-refractivity contribution in [2.45, 2.75) is 19.5 Å². The van der Waals surface area contributed by atoms with E-state index in [0.29, 0.717) is 0 Å². The summed E-state index contributed by atoms with van der Waals surface area (Å²) in [7, 11) is 1.82. The third-order valence-electron chi connectivity index (χ3n) is 4.16. The van der Waals surface area contributed by atoms with Crippen LogP contribution in [0, 0.1) is 0 Å². The number of halogens is 1. The minimum Gasteiger partial charge on any atom is -0.355 e. The monoisotopic (exact) mass is 456 g/mol. The van der Waals surface area contributed by atoms with Crippen molar-refractivity contribution in [2.24, 2.45) is 4.99 Å². The largest absolute Gasteiger partial charge is 0.355 e. The van der Waals surface area contributed by atoms with E-state index < -0.39 is 0 Å². The Morgan fingerprint density at radius 1 is 1.17 bits per heavy atom. The van der Waals surface area contributed by atoms with Crippen molar-refractivity contribution in [1.29, 1.82) is 0 Å². The maximum absolute atomic E-state index is 4.29. The molecule has 0 fully saturated rings. The molecule has 1 aromatic heterocycles. The molecule has 0 radical (unpaired) electrons. The lowest BCUT2D eigenvalue weighted by atomic mass is 10.00. The molecule has 0 bridgehead atoms. The highest BCUT2D eigenvalue weighted by molar-refractivity contribution is 14.0. The summed E-state index contributed by atoms with van der Waals surface area (Å²) < 4.78 is 0. The molecule has 2 aromatic rings. The highest BCUT2D eigenvalue weighted by Gasteiger charge is 2.14. The van der Waals surface area contributed by atoms with Gasteiger partial charge in [0.15, 0.2) is 5.96 Å². The van der Waals surface area contributed by atoms with Gasteiger partial charge in [-0.15, -0.1) is 35.3 Å². The highest BCUT2D eigenvalue weighted by Crippen LogP contribution is 2.17. The second-order valence-corrected chi connectivity index (χ2v) is 6.76. The Hall–Kier alpha value is -1.12. The molecule has 130 valence electrons. The summed E-state index contributed by atoms with van der Waals surface area (Å²) in [5, 5.41) is 8.86. The molecular weight excluding hydrogens is 431 g/mol. The topological polar surface area (TPSA) is 39.7 Å². The normalized spacial score (nSPS) is 14.6. The maximum Gasteiger partial charge on any atom is 0.191 e. The minimum atomic E-state index is 0. The van der Waals surface area contributed by atoms with Crippen LogP contribution in [-0.2, 0) is 19.5 Å². The SMILES string of the molecule is CN=C(NCCN1CCc2ccccc2C1)NCc1cccs1.I. The number of guanidine groups is 1. The van der Waals surface area contributed by atoms with E-state index in [1.165, 1.54) is 16.0 Å². The molecule has 3 rings (SSSR count). The van der Waals surface area contributed by atoms with Gasteiger partial charge in [0.05, 0.1) is 6.54 Å². The molecular formula is C18H25IN4S. The third-order valence-corrected chi connectivity index (χ3v) is 5.04. The van der Waals surface area contributed by atoms with Crippen molar-refractivity contribution in [3.05, 3.63) is 57.8 Å².